The molecular weight excluding hydrogens is 360 g/mol. The van der Waals surface area contributed by atoms with Crippen molar-refractivity contribution in [3.05, 3.63) is 52.2 Å². The summed E-state index contributed by atoms with van der Waals surface area (Å²) in [5.74, 6) is 0.934. The number of carbonyl (C=O) groups is 1. The second kappa shape index (κ2) is 10.4. The van der Waals surface area contributed by atoms with Crippen LogP contribution in [-0.4, -0.2) is 50.3 Å². The number of nitrogens with zero attached hydrogens (tertiary/aromatic N) is 1. The number of ether oxygens (including phenoxy) is 2. The van der Waals surface area contributed by atoms with E-state index < -0.39 is 0 Å². The van der Waals surface area contributed by atoms with E-state index >= 15 is 0 Å². The van der Waals surface area contributed by atoms with Crippen molar-refractivity contribution in [1.82, 2.24) is 10.2 Å². The summed E-state index contributed by atoms with van der Waals surface area (Å²) in [6.07, 6.45) is 1.19. The molecule has 1 aromatic heterocycles. The molecule has 1 N–H and O–H groups in total. The molecule has 0 radical (unpaired) electrons. The van der Waals surface area contributed by atoms with Crippen LogP contribution >= 0.6 is 11.3 Å². The van der Waals surface area contributed by atoms with E-state index in [1.807, 2.05) is 24.3 Å². The molecule has 3 rings (SSSR count). The minimum atomic E-state index is 0.0809. The van der Waals surface area contributed by atoms with E-state index in [9.17, 15) is 4.79 Å². The Labute approximate surface area is 165 Å². The summed E-state index contributed by atoms with van der Waals surface area (Å²) < 4.78 is 11.2. The largest absolute Gasteiger partial charge is 0.494 e. The summed E-state index contributed by atoms with van der Waals surface area (Å²) in [6.45, 7) is 6.56. The first kappa shape index (κ1) is 19.9. The van der Waals surface area contributed by atoms with Gasteiger partial charge in [0.15, 0.2) is 0 Å². The lowest BCUT2D eigenvalue weighted by Gasteiger charge is -2.34. The second-order valence-corrected chi connectivity index (χ2v) is 7.73. The zero-order valence-electron chi connectivity index (χ0n) is 15.9. The molecule has 1 unspecified atom stereocenters. The Morgan fingerprint density at radius 2 is 2.04 bits per heavy atom. The number of amides is 1. The molecule has 0 saturated carbocycles. The standard InChI is InChI=1S/C21H28N2O3S/c1-17-6-8-18(9-7-17)26-12-2-5-21(24)22-16-19(20-4-3-15-27-20)23-10-13-25-14-11-23/h3-4,6-9,15,19H,2,5,10-14,16H2,1H3,(H,22,24). The van der Waals surface area contributed by atoms with Crippen LogP contribution < -0.4 is 10.1 Å². The number of morpholine rings is 1. The van der Waals surface area contributed by atoms with E-state index in [1.165, 1.54) is 10.4 Å². The maximum atomic E-state index is 12.2. The molecule has 0 bridgehead atoms. The second-order valence-electron chi connectivity index (χ2n) is 6.75. The molecule has 27 heavy (non-hydrogen) atoms. The van der Waals surface area contributed by atoms with E-state index in [0.717, 1.165) is 32.1 Å². The summed E-state index contributed by atoms with van der Waals surface area (Å²) >= 11 is 1.74. The molecule has 0 aliphatic carbocycles. The molecule has 1 aliphatic heterocycles. The van der Waals surface area contributed by atoms with Gasteiger partial charge in [0.2, 0.25) is 5.91 Å². The molecule has 1 atom stereocenters. The van der Waals surface area contributed by atoms with Crippen LogP contribution in [0.15, 0.2) is 41.8 Å². The van der Waals surface area contributed by atoms with E-state index in [0.29, 0.717) is 26.0 Å². The van der Waals surface area contributed by atoms with Gasteiger partial charge in [0.1, 0.15) is 5.75 Å². The van der Waals surface area contributed by atoms with Gasteiger partial charge in [-0.05, 0) is 36.9 Å². The number of hydrogen-bond acceptors (Lipinski definition) is 5. The van der Waals surface area contributed by atoms with Crippen LogP contribution in [0.5, 0.6) is 5.75 Å². The normalized spacial score (nSPS) is 16.0. The predicted octanol–water partition coefficient (Wildman–Crippen LogP) is 3.41. The topological polar surface area (TPSA) is 50.8 Å². The number of rotatable bonds is 9. The average molecular weight is 389 g/mol. The lowest BCUT2D eigenvalue weighted by molar-refractivity contribution is -0.121. The van der Waals surface area contributed by atoms with Crippen molar-refractivity contribution in [2.75, 3.05) is 39.5 Å². The average Bonchev–Trinajstić information content (AvgIpc) is 3.22. The molecule has 2 aromatic rings. The van der Waals surface area contributed by atoms with E-state index in [1.54, 1.807) is 11.3 Å². The number of nitrogens with one attached hydrogen (secondary N) is 1. The molecule has 1 saturated heterocycles. The summed E-state index contributed by atoms with van der Waals surface area (Å²) in [5.41, 5.74) is 1.21. The molecule has 5 nitrogen and oxygen atoms in total. The van der Waals surface area contributed by atoms with Crippen LogP contribution in [0, 0.1) is 6.92 Å². The summed E-state index contributed by atoms with van der Waals surface area (Å²) in [7, 11) is 0. The summed E-state index contributed by atoms with van der Waals surface area (Å²) in [4.78, 5) is 15.9. The van der Waals surface area contributed by atoms with Gasteiger partial charge >= 0.3 is 0 Å². The first-order chi connectivity index (χ1) is 13.2. The third kappa shape index (κ3) is 6.34. The Morgan fingerprint density at radius 1 is 1.26 bits per heavy atom. The molecule has 6 heteroatoms. The van der Waals surface area contributed by atoms with Crippen molar-refractivity contribution in [2.45, 2.75) is 25.8 Å². The smallest absolute Gasteiger partial charge is 0.220 e. The Bertz CT molecular complexity index is 682. The number of benzene rings is 1. The minimum absolute atomic E-state index is 0.0809. The van der Waals surface area contributed by atoms with Crippen LogP contribution in [0.4, 0.5) is 0 Å². The monoisotopic (exact) mass is 388 g/mol. The maximum Gasteiger partial charge on any atom is 0.220 e. The van der Waals surface area contributed by atoms with E-state index in [-0.39, 0.29) is 11.9 Å². The van der Waals surface area contributed by atoms with Crippen molar-refractivity contribution >= 4 is 17.2 Å². The van der Waals surface area contributed by atoms with Crippen LogP contribution in [0.3, 0.4) is 0 Å². The third-order valence-electron chi connectivity index (χ3n) is 4.69. The van der Waals surface area contributed by atoms with Crippen LogP contribution in [-0.2, 0) is 9.53 Å². The lowest BCUT2D eigenvalue weighted by atomic mass is 10.2. The predicted molar refractivity (Wildman–Crippen MR) is 108 cm³/mol. The highest BCUT2D eigenvalue weighted by molar-refractivity contribution is 7.10. The van der Waals surface area contributed by atoms with Crippen LogP contribution in [0.2, 0.25) is 0 Å². The van der Waals surface area contributed by atoms with Crippen molar-refractivity contribution in [3.63, 3.8) is 0 Å². The number of thiophene rings is 1. The maximum absolute atomic E-state index is 12.2. The Balaban J connectivity index is 1.40. The SMILES string of the molecule is Cc1ccc(OCCCC(=O)NCC(c2cccs2)N2CCOCC2)cc1. The summed E-state index contributed by atoms with van der Waals surface area (Å²) in [6, 6.07) is 12.4. The molecule has 0 spiro atoms. The first-order valence-electron chi connectivity index (χ1n) is 9.54. The lowest BCUT2D eigenvalue weighted by Crippen LogP contribution is -2.43. The molecule has 1 amide bonds. The number of carbonyl (C=O) groups excluding carboxylic acids is 1. The van der Waals surface area contributed by atoms with Crippen LogP contribution in [0.1, 0.15) is 29.3 Å². The van der Waals surface area contributed by atoms with Gasteiger partial charge < -0.3 is 14.8 Å². The van der Waals surface area contributed by atoms with Crippen molar-refractivity contribution in [1.29, 1.82) is 0 Å². The van der Waals surface area contributed by atoms with Crippen LogP contribution in [0.25, 0.3) is 0 Å². The molecule has 1 fully saturated rings. The van der Waals surface area contributed by atoms with Gasteiger partial charge in [-0.1, -0.05) is 23.8 Å². The van der Waals surface area contributed by atoms with Gasteiger partial charge in [-0.25, -0.2) is 0 Å². The minimum Gasteiger partial charge on any atom is -0.494 e. The van der Waals surface area contributed by atoms with Crippen molar-refractivity contribution in [3.8, 4) is 5.75 Å². The Morgan fingerprint density at radius 3 is 2.74 bits per heavy atom. The molecule has 2 heterocycles. The van der Waals surface area contributed by atoms with Gasteiger partial charge in [-0.2, -0.15) is 0 Å². The molecule has 1 aromatic carbocycles. The zero-order valence-corrected chi connectivity index (χ0v) is 16.7. The van der Waals surface area contributed by atoms with Gasteiger partial charge in [-0.3, -0.25) is 9.69 Å². The fourth-order valence-electron chi connectivity index (χ4n) is 3.14. The third-order valence-corrected chi connectivity index (χ3v) is 5.66. The fourth-order valence-corrected chi connectivity index (χ4v) is 4.00. The van der Waals surface area contributed by atoms with E-state index in [4.69, 9.17) is 9.47 Å². The number of hydrogen-bond donors (Lipinski definition) is 1. The number of aryl methyl sites for hydroxylation is 1. The van der Waals surface area contributed by atoms with Crippen molar-refractivity contribution < 1.29 is 14.3 Å². The Hall–Kier alpha value is -1.89. The van der Waals surface area contributed by atoms with Gasteiger partial charge in [0.25, 0.3) is 0 Å². The first-order valence-corrected chi connectivity index (χ1v) is 10.4. The zero-order chi connectivity index (χ0) is 18.9. The summed E-state index contributed by atoms with van der Waals surface area (Å²) in [5, 5.41) is 5.19. The van der Waals surface area contributed by atoms with Gasteiger partial charge in [0.05, 0.1) is 25.9 Å². The highest BCUT2D eigenvalue weighted by Gasteiger charge is 2.23. The quantitative estimate of drug-likeness (QED) is 0.669. The van der Waals surface area contributed by atoms with Gasteiger partial charge in [0, 0.05) is 30.9 Å². The molecule has 146 valence electrons. The molecule has 1 aliphatic rings. The Kier molecular flexibility index (Phi) is 7.68. The van der Waals surface area contributed by atoms with E-state index in [2.05, 4.69) is 34.7 Å². The highest BCUT2D eigenvalue weighted by Crippen LogP contribution is 2.25. The highest BCUT2D eigenvalue weighted by atomic mass is 32.1. The fraction of sp³-hybridized carbons (Fsp3) is 0.476. The van der Waals surface area contributed by atoms with Crippen molar-refractivity contribution in [2.24, 2.45) is 0 Å². The van der Waals surface area contributed by atoms with Gasteiger partial charge in [-0.15, -0.1) is 11.3 Å². The molecular formula is C21H28N2O3S.